The Balaban J connectivity index is 1.61. The smallest absolute Gasteiger partial charge is 0.240 e. The Bertz CT molecular complexity index is 403. The zero-order chi connectivity index (χ0) is 13.6. The standard InChI is InChI=1S/C11H14N4O4/c16-8-2-14(3-9(17)12-8)6-1-7(6)15-4-10(18)13-11(19)5-15/h6-7H,1-5H2,(H,12,16,17)(H,13,18,19)/t6-,7+. The molecule has 2 saturated heterocycles. The fraction of sp³-hybridized carbons (Fsp3) is 0.636. The fourth-order valence-electron chi connectivity index (χ4n) is 2.74. The van der Waals surface area contributed by atoms with Crippen LogP contribution in [-0.4, -0.2) is 71.7 Å². The molecule has 0 radical (unpaired) electrons. The van der Waals surface area contributed by atoms with Crippen LogP contribution in [0, 0.1) is 0 Å². The summed E-state index contributed by atoms with van der Waals surface area (Å²) in [7, 11) is 0. The molecule has 0 bridgehead atoms. The van der Waals surface area contributed by atoms with Gasteiger partial charge in [-0.3, -0.25) is 39.6 Å². The van der Waals surface area contributed by atoms with Crippen molar-refractivity contribution in [3.8, 4) is 0 Å². The number of amides is 4. The van der Waals surface area contributed by atoms with Crippen LogP contribution in [0.1, 0.15) is 6.42 Å². The highest BCUT2D eigenvalue weighted by atomic mass is 16.2. The first-order valence-corrected chi connectivity index (χ1v) is 6.16. The predicted octanol–water partition coefficient (Wildman–Crippen LogP) is -2.96. The average molecular weight is 266 g/mol. The van der Waals surface area contributed by atoms with Gasteiger partial charge in [-0.15, -0.1) is 0 Å². The molecule has 3 rings (SSSR count). The average Bonchev–Trinajstić information content (AvgIpc) is 3.05. The third kappa shape index (κ3) is 2.49. The van der Waals surface area contributed by atoms with Crippen LogP contribution in [0.2, 0.25) is 0 Å². The number of imide groups is 2. The Morgan fingerprint density at radius 3 is 1.32 bits per heavy atom. The summed E-state index contributed by atoms with van der Waals surface area (Å²) in [6.07, 6.45) is 0.779. The molecule has 0 unspecified atom stereocenters. The van der Waals surface area contributed by atoms with Crippen molar-refractivity contribution in [2.45, 2.75) is 18.5 Å². The third-order valence-corrected chi connectivity index (χ3v) is 3.61. The van der Waals surface area contributed by atoms with E-state index < -0.39 is 0 Å². The Hall–Kier alpha value is -1.80. The molecule has 1 aliphatic carbocycles. The van der Waals surface area contributed by atoms with Crippen molar-refractivity contribution in [3.63, 3.8) is 0 Å². The number of nitrogens with zero attached hydrogens (tertiary/aromatic N) is 2. The largest absolute Gasteiger partial charge is 0.294 e. The molecule has 8 nitrogen and oxygen atoms in total. The number of carbonyl (C=O) groups is 4. The Kier molecular flexibility index (Phi) is 2.83. The second kappa shape index (κ2) is 4.39. The van der Waals surface area contributed by atoms with Crippen LogP contribution in [0.25, 0.3) is 0 Å². The number of hydrogen-bond donors (Lipinski definition) is 2. The molecule has 3 aliphatic rings. The van der Waals surface area contributed by atoms with Gasteiger partial charge in [0.05, 0.1) is 26.2 Å². The van der Waals surface area contributed by atoms with Gasteiger partial charge in [0.15, 0.2) is 0 Å². The van der Waals surface area contributed by atoms with E-state index in [1.54, 1.807) is 0 Å². The highest BCUT2D eigenvalue weighted by Gasteiger charge is 2.49. The Labute approximate surface area is 109 Å². The Morgan fingerprint density at radius 1 is 0.684 bits per heavy atom. The summed E-state index contributed by atoms with van der Waals surface area (Å²) in [5, 5.41) is 4.50. The predicted molar refractivity (Wildman–Crippen MR) is 61.6 cm³/mol. The van der Waals surface area contributed by atoms with E-state index in [1.165, 1.54) is 0 Å². The van der Waals surface area contributed by atoms with Gasteiger partial charge in [-0.1, -0.05) is 0 Å². The molecule has 0 spiro atoms. The summed E-state index contributed by atoms with van der Waals surface area (Å²) < 4.78 is 0. The molecule has 4 amide bonds. The van der Waals surface area contributed by atoms with E-state index in [0.29, 0.717) is 0 Å². The van der Waals surface area contributed by atoms with Crippen molar-refractivity contribution in [3.05, 3.63) is 0 Å². The van der Waals surface area contributed by atoms with E-state index in [-0.39, 0.29) is 61.9 Å². The maximum Gasteiger partial charge on any atom is 0.240 e. The maximum absolute atomic E-state index is 11.3. The monoisotopic (exact) mass is 266 g/mol. The minimum absolute atomic E-state index is 0.0775. The van der Waals surface area contributed by atoms with Crippen LogP contribution in [0.5, 0.6) is 0 Å². The first kappa shape index (κ1) is 12.2. The number of carbonyl (C=O) groups excluding carboxylic acids is 4. The number of hydrogen-bond acceptors (Lipinski definition) is 6. The van der Waals surface area contributed by atoms with E-state index in [2.05, 4.69) is 10.6 Å². The van der Waals surface area contributed by atoms with Gasteiger partial charge < -0.3 is 0 Å². The van der Waals surface area contributed by atoms with Gasteiger partial charge in [0.25, 0.3) is 0 Å². The highest BCUT2D eigenvalue weighted by molar-refractivity contribution is 6.00. The van der Waals surface area contributed by atoms with Crippen LogP contribution in [0.4, 0.5) is 0 Å². The van der Waals surface area contributed by atoms with Gasteiger partial charge in [-0.05, 0) is 6.42 Å². The molecule has 102 valence electrons. The second-order valence-corrected chi connectivity index (χ2v) is 5.12. The maximum atomic E-state index is 11.3. The summed E-state index contributed by atoms with van der Waals surface area (Å²) in [4.78, 5) is 48.8. The van der Waals surface area contributed by atoms with E-state index in [1.807, 2.05) is 9.80 Å². The van der Waals surface area contributed by atoms with Crippen molar-refractivity contribution in [2.24, 2.45) is 0 Å². The van der Waals surface area contributed by atoms with Crippen molar-refractivity contribution in [1.29, 1.82) is 0 Å². The first-order valence-electron chi connectivity index (χ1n) is 6.16. The molecule has 2 N–H and O–H groups in total. The van der Waals surface area contributed by atoms with Gasteiger partial charge in [-0.25, -0.2) is 0 Å². The van der Waals surface area contributed by atoms with E-state index in [4.69, 9.17) is 0 Å². The summed E-state index contributed by atoms with van der Waals surface area (Å²) in [5.41, 5.74) is 0. The quantitative estimate of drug-likeness (QED) is 0.518. The lowest BCUT2D eigenvalue weighted by molar-refractivity contribution is -0.139. The van der Waals surface area contributed by atoms with Crippen LogP contribution < -0.4 is 10.6 Å². The lowest BCUT2D eigenvalue weighted by Gasteiger charge is -2.29. The Morgan fingerprint density at radius 2 is 1.00 bits per heavy atom. The van der Waals surface area contributed by atoms with Gasteiger partial charge in [0, 0.05) is 12.1 Å². The molecule has 2 atom stereocenters. The summed E-state index contributed by atoms with van der Waals surface area (Å²) in [5.74, 6) is -1.19. The molecule has 0 aromatic carbocycles. The first-order chi connectivity index (χ1) is 9.02. The number of piperazine rings is 2. The molecule has 8 heteroatoms. The van der Waals surface area contributed by atoms with Gasteiger partial charge in [-0.2, -0.15) is 0 Å². The molecular weight excluding hydrogens is 252 g/mol. The molecular formula is C11H14N4O4. The molecule has 1 saturated carbocycles. The van der Waals surface area contributed by atoms with E-state index in [0.717, 1.165) is 6.42 Å². The minimum Gasteiger partial charge on any atom is -0.294 e. The fourth-order valence-corrected chi connectivity index (χ4v) is 2.74. The summed E-state index contributed by atoms with van der Waals surface area (Å²) in [6, 6.07) is 0.155. The third-order valence-electron chi connectivity index (χ3n) is 3.61. The normalized spacial score (nSPS) is 33.1. The second-order valence-electron chi connectivity index (χ2n) is 5.12. The molecule has 0 aromatic heterocycles. The molecule has 3 fully saturated rings. The molecule has 2 heterocycles. The summed E-state index contributed by atoms with van der Waals surface area (Å²) in [6.45, 7) is 0.781. The molecule has 0 aromatic rings. The van der Waals surface area contributed by atoms with Gasteiger partial charge in [0.2, 0.25) is 23.6 Å². The molecule has 2 aliphatic heterocycles. The van der Waals surface area contributed by atoms with Crippen molar-refractivity contribution < 1.29 is 19.2 Å². The lowest BCUT2D eigenvalue weighted by Crippen LogP contribution is -2.55. The van der Waals surface area contributed by atoms with Crippen molar-refractivity contribution in [2.75, 3.05) is 26.2 Å². The van der Waals surface area contributed by atoms with Gasteiger partial charge in [0.1, 0.15) is 0 Å². The van der Waals surface area contributed by atoms with Crippen molar-refractivity contribution in [1.82, 2.24) is 20.4 Å². The van der Waals surface area contributed by atoms with Crippen LogP contribution in [-0.2, 0) is 19.2 Å². The van der Waals surface area contributed by atoms with Crippen LogP contribution in [0.3, 0.4) is 0 Å². The number of nitrogens with one attached hydrogen (secondary N) is 2. The minimum atomic E-state index is -0.297. The molecule has 19 heavy (non-hydrogen) atoms. The lowest BCUT2D eigenvalue weighted by atomic mass is 10.3. The SMILES string of the molecule is O=C1CN([C@@H]2C[C@@H]2N2CC(=O)NC(=O)C2)CC(=O)N1. The van der Waals surface area contributed by atoms with Crippen LogP contribution >= 0.6 is 0 Å². The highest BCUT2D eigenvalue weighted by Crippen LogP contribution is 2.33. The van der Waals surface area contributed by atoms with E-state index >= 15 is 0 Å². The summed E-state index contributed by atoms with van der Waals surface area (Å²) >= 11 is 0. The van der Waals surface area contributed by atoms with Crippen molar-refractivity contribution >= 4 is 23.6 Å². The number of rotatable bonds is 2. The van der Waals surface area contributed by atoms with Crippen LogP contribution in [0.15, 0.2) is 0 Å². The zero-order valence-electron chi connectivity index (χ0n) is 10.2. The van der Waals surface area contributed by atoms with Gasteiger partial charge >= 0.3 is 0 Å². The zero-order valence-corrected chi connectivity index (χ0v) is 10.2. The topological polar surface area (TPSA) is 98.8 Å². The van der Waals surface area contributed by atoms with E-state index in [9.17, 15) is 19.2 Å².